The average Bonchev–Trinajstić information content (AvgIpc) is 2.67. The number of esters is 1. The van der Waals surface area contributed by atoms with E-state index < -0.39 is 5.97 Å². The number of ether oxygens (including phenoxy) is 2. The molecular formula is C20H21BrClNO4. The molecule has 0 aromatic heterocycles. The number of para-hydroxylation sites is 1. The van der Waals surface area contributed by atoms with E-state index in [0.717, 1.165) is 15.6 Å². The summed E-state index contributed by atoms with van der Waals surface area (Å²) in [5, 5.41) is 3.45. The molecule has 0 saturated carbocycles. The lowest BCUT2D eigenvalue weighted by Gasteiger charge is -2.13. The highest BCUT2D eigenvalue weighted by Gasteiger charge is 2.14. The molecule has 0 spiro atoms. The molecule has 1 amide bonds. The summed E-state index contributed by atoms with van der Waals surface area (Å²) in [7, 11) is 1.30. The van der Waals surface area contributed by atoms with E-state index in [4.69, 9.17) is 21.1 Å². The molecule has 0 fully saturated rings. The summed E-state index contributed by atoms with van der Waals surface area (Å²) in [5.74, 6) is 0.0101. The molecule has 5 nitrogen and oxygen atoms in total. The first kappa shape index (κ1) is 21.3. The van der Waals surface area contributed by atoms with Crippen LogP contribution in [0, 0.1) is 13.8 Å². The molecule has 0 heterocycles. The van der Waals surface area contributed by atoms with Crippen LogP contribution in [0.25, 0.3) is 0 Å². The Morgan fingerprint density at radius 2 is 1.93 bits per heavy atom. The Bertz CT molecular complexity index is 854. The van der Waals surface area contributed by atoms with Gasteiger partial charge in [-0.25, -0.2) is 4.79 Å². The number of methoxy groups -OCH3 is 1. The summed E-state index contributed by atoms with van der Waals surface area (Å²) in [6, 6.07) is 8.59. The number of hydrogen-bond donors (Lipinski definition) is 1. The van der Waals surface area contributed by atoms with Crippen molar-refractivity contribution in [2.75, 3.05) is 19.0 Å². The molecular weight excluding hydrogens is 434 g/mol. The second-order valence-corrected chi connectivity index (χ2v) is 7.15. The van der Waals surface area contributed by atoms with Gasteiger partial charge in [0.2, 0.25) is 5.91 Å². The van der Waals surface area contributed by atoms with E-state index in [1.165, 1.54) is 7.11 Å². The molecule has 0 atom stereocenters. The third-order valence-corrected chi connectivity index (χ3v) is 5.55. The van der Waals surface area contributed by atoms with Gasteiger partial charge in [0.1, 0.15) is 5.75 Å². The Morgan fingerprint density at radius 3 is 2.63 bits per heavy atom. The number of amides is 1. The minimum absolute atomic E-state index is 0.197. The maximum absolute atomic E-state index is 12.2. The first-order valence-corrected chi connectivity index (χ1v) is 9.57. The van der Waals surface area contributed by atoms with Gasteiger partial charge >= 0.3 is 5.97 Å². The van der Waals surface area contributed by atoms with Crippen molar-refractivity contribution in [3.05, 3.63) is 56.5 Å². The second-order valence-electron chi connectivity index (χ2n) is 5.98. The van der Waals surface area contributed by atoms with E-state index >= 15 is 0 Å². The number of carbonyl (C=O) groups excluding carboxylic acids is 2. The normalized spacial score (nSPS) is 10.4. The van der Waals surface area contributed by atoms with Crippen LogP contribution in [0.2, 0.25) is 5.02 Å². The Hall–Kier alpha value is -2.05. The summed E-state index contributed by atoms with van der Waals surface area (Å²) < 4.78 is 11.3. The Labute approximate surface area is 172 Å². The molecule has 2 aromatic rings. The van der Waals surface area contributed by atoms with Crippen molar-refractivity contribution in [2.24, 2.45) is 0 Å². The van der Waals surface area contributed by atoms with Crippen molar-refractivity contribution in [1.29, 1.82) is 0 Å². The lowest BCUT2D eigenvalue weighted by molar-refractivity contribution is -0.116. The van der Waals surface area contributed by atoms with E-state index in [1.807, 2.05) is 19.9 Å². The summed E-state index contributed by atoms with van der Waals surface area (Å²) >= 11 is 9.70. The van der Waals surface area contributed by atoms with Crippen molar-refractivity contribution in [3.8, 4) is 5.75 Å². The van der Waals surface area contributed by atoms with Crippen molar-refractivity contribution < 1.29 is 19.1 Å². The highest BCUT2D eigenvalue weighted by atomic mass is 79.9. The van der Waals surface area contributed by atoms with Gasteiger partial charge in [-0.1, -0.05) is 23.7 Å². The number of aryl methyl sites for hydroxylation is 1. The molecule has 0 aliphatic heterocycles. The van der Waals surface area contributed by atoms with Gasteiger partial charge in [0.15, 0.2) is 0 Å². The maximum Gasteiger partial charge on any atom is 0.339 e. The highest BCUT2D eigenvalue weighted by molar-refractivity contribution is 9.10. The van der Waals surface area contributed by atoms with Gasteiger partial charge in [-0.3, -0.25) is 4.79 Å². The van der Waals surface area contributed by atoms with Crippen LogP contribution < -0.4 is 10.1 Å². The fourth-order valence-corrected chi connectivity index (χ4v) is 3.20. The predicted molar refractivity (Wildman–Crippen MR) is 110 cm³/mol. The minimum Gasteiger partial charge on any atom is -0.492 e. The van der Waals surface area contributed by atoms with Crippen LogP contribution >= 0.6 is 27.5 Å². The van der Waals surface area contributed by atoms with Gasteiger partial charge in [0, 0.05) is 11.4 Å². The Morgan fingerprint density at radius 1 is 1.22 bits per heavy atom. The molecule has 1 N–H and O–H groups in total. The SMILES string of the molecule is COC(=O)c1ccccc1NC(=O)CCCOc1cc(C)c(Cl)c(C)c1Br. The van der Waals surface area contributed by atoms with E-state index in [9.17, 15) is 9.59 Å². The zero-order valence-electron chi connectivity index (χ0n) is 15.4. The monoisotopic (exact) mass is 453 g/mol. The number of halogens is 2. The third-order valence-electron chi connectivity index (χ3n) is 3.98. The van der Waals surface area contributed by atoms with Crippen LogP contribution in [0.15, 0.2) is 34.8 Å². The van der Waals surface area contributed by atoms with Crippen LogP contribution in [0.4, 0.5) is 5.69 Å². The van der Waals surface area contributed by atoms with Crippen LogP contribution in [-0.2, 0) is 9.53 Å². The molecule has 0 bridgehead atoms. The smallest absolute Gasteiger partial charge is 0.339 e. The molecule has 2 rings (SSSR count). The highest BCUT2D eigenvalue weighted by Crippen LogP contribution is 2.35. The molecule has 0 unspecified atom stereocenters. The van der Waals surface area contributed by atoms with E-state index in [-0.39, 0.29) is 12.3 Å². The first-order valence-electron chi connectivity index (χ1n) is 8.40. The molecule has 2 aromatic carbocycles. The Balaban J connectivity index is 1.89. The predicted octanol–water partition coefficient (Wildman–Crippen LogP) is 5.30. The van der Waals surface area contributed by atoms with Crippen molar-refractivity contribution in [1.82, 2.24) is 0 Å². The van der Waals surface area contributed by atoms with E-state index in [1.54, 1.807) is 24.3 Å². The van der Waals surface area contributed by atoms with E-state index in [0.29, 0.717) is 35.1 Å². The van der Waals surface area contributed by atoms with Crippen molar-refractivity contribution in [3.63, 3.8) is 0 Å². The number of rotatable bonds is 7. The fraction of sp³-hybridized carbons (Fsp3) is 0.300. The second kappa shape index (κ2) is 9.76. The quantitative estimate of drug-likeness (QED) is 0.455. The number of nitrogens with one attached hydrogen (secondary N) is 1. The third kappa shape index (κ3) is 5.47. The Kier molecular flexibility index (Phi) is 7.68. The van der Waals surface area contributed by atoms with Gasteiger partial charge < -0.3 is 14.8 Å². The largest absolute Gasteiger partial charge is 0.492 e. The topological polar surface area (TPSA) is 64.6 Å². The zero-order chi connectivity index (χ0) is 20.0. The summed E-state index contributed by atoms with van der Waals surface area (Å²) in [6.07, 6.45) is 0.790. The van der Waals surface area contributed by atoms with Gasteiger partial charge in [-0.15, -0.1) is 0 Å². The standard InChI is InChI=1S/C20H21BrClNO4/c1-12-11-16(18(21)13(2)19(12)22)27-10-6-9-17(24)23-15-8-5-4-7-14(15)20(25)26-3/h4-5,7-8,11H,6,9-10H2,1-3H3,(H,23,24). The average molecular weight is 455 g/mol. The minimum atomic E-state index is -0.493. The van der Waals surface area contributed by atoms with Crippen molar-refractivity contribution in [2.45, 2.75) is 26.7 Å². The van der Waals surface area contributed by atoms with Gasteiger partial charge in [0.25, 0.3) is 0 Å². The summed E-state index contributed by atoms with van der Waals surface area (Å²) in [6.45, 7) is 4.21. The van der Waals surface area contributed by atoms with Crippen molar-refractivity contribution >= 4 is 45.1 Å². The van der Waals surface area contributed by atoms with Crippen LogP contribution in [0.3, 0.4) is 0 Å². The zero-order valence-corrected chi connectivity index (χ0v) is 17.7. The first-order chi connectivity index (χ1) is 12.8. The molecule has 0 aliphatic carbocycles. The van der Waals surface area contributed by atoms with Crippen LogP contribution in [0.1, 0.15) is 34.3 Å². The molecule has 144 valence electrons. The molecule has 0 aliphatic rings. The van der Waals surface area contributed by atoms with Gasteiger partial charge in [0.05, 0.1) is 29.4 Å². The number of hydrogen-bond acceptors (Lipinski definition) is 4. The lowest BCUT2D eigenvalue weighted by atomic mass is 10.1. The van der Waals surface area contributed by atoms with E-state index in [2.05, 4.69) is 21.2 Å². The molecule has 0 saturated heterocycles. The molecule has 27 heavy (non-hydrogen) atoms. The van der Waals surface area contributed by atoms with Crippen LogP contribution in [-0.4, -0.2) is 25.6 Å². The van der Waals surface area contributed by atoms with Gasteiger partial charge in [-0.2, -0.15) is 0 Å². The maximum atomic E-state index is 12.2. The summed E-state index contributed by atoms with van der Waals surface area (Å²) in [5.41, 5.74) is 2.61. The molecule has 0 radical (unpaired) electrons. The number of carbonyl (C=O) groups is 2. The van der Waals surface area contributed by atoms with Crippen LogP contribution in [0.5, 0.6) is 5.75 Å². The molecule has 7 heteroatoms. The fourth-order valence-electron chi connectivity index (χ4n) is 2.51. The number of benzene rings is 2. The lowest BCUT2D eigenvalue weighted by Crippen LogP contribution is -2.16. The number of anilines is 1. The van der Waals surface area contributed by atoms with Gasteiger partial charge in [-0.05, 0) is 65.5 Å². The summed E-state index contributed by atoms with van der Waals surface area (Å²) in [4.78, 5) is 23.9.